The Morgan fingerprint density at radius 1 is 1.57 bits per heavy atom. The molecule has 0 fully saturated rings. The maximum absolute atomic E-state index is 11.1. The fraction of sp³-hybridized carbons (Fsp3) is 0.700. The van der Waals surface area contributed by atoms with Crippen LogP contribution in [0.5, 0.6) is 0 Å². The Bertz CT molecular complexity index is 170. The van der Waals surface area contributed by atoms with Crippen molar-refractivity contribution >= 4 is 5.91 Å². The summed E-state index contributed by atoms with van der Waals surface area (Å²) >= 11 is 0. The molecule has 0 aromatic carbocycles. The summed E-state index contributed by atoms with van der Waals surface area (Å²) in [4.78, 5) is 11.1. The maximum atomic E-state index is 11.1. The minimum atomic E-state index is 0.0253. The SMILES string of the molecule is C=COCCCNC(=O)CNC(C)C. The molecule has 0 aromatic rings. The molecule has 14 heavy (non-hydrogen) atoms. The molecule has 0 radical (unpaired) electrons. The zero-order valence-corrected chi connectivity index (χ0v) is 9.01. The summed E-state index contributed by atoms with van der Waals surface area (Å²) < 4.78 is 4.91. The molecule has 0 spiro atoms. The molecule has 0 bridgehead atoms. The van der Waals surface area contributed by atoms with Gasteiger partial charge in [0.1, 0.15) is 0 Å². The highest BCUT2D eigenvalue weighted by Crippen LogP contribution is 1.81. The average molecular weight is 200 g/mol. The van der Waals surface area contributed by atoms with Gasteiger partial charge in [0, 0.05) is 12.6 Å². The fourth-order valence-electron chi connectivity index (χ4n) is 0.826. The van der Waals surface area contributed by atoms with Crippen LogP contribution in [0.2, 0.25) is 0 Å². The quantitative estimate of drug-likeness (QED) is 0.447. The molecular formula is C10H20N2O2. The molecule has 0 aliphatic rings. The van der Waals surface area contributed by atoms with Crippen molar-refractivity contribution in [3.8, 4) is 0 Å². The number of nitrogens with one attached hydrogen (secondary N) is 2. The molecule has 0 aromatic heterocycles. The molecule has 0 atom stereocenters. The minimum absolute atomic E-state index is 0.0253. The van der Waals surface area contributed by atoms with Crippen LogP contribution in [0.1, 0.15) is 20.3 Å². The Morgan fingerprint density at radius 2 is 2.29 bits per heavy atom. The van der Waals surface area contributed by atoms with E-state index in [-0.39, 0.29) is 5.91 Å². The van der Waals surface area contributed by atoms with Crippen molar-refractivity contribution in [3.63, 3.8) is 0 Å². The third kappa shape index (κ3) is 9.06. The lowest BCUT2D eigenvalue weighted by atomic mass is 10.4. The van der Waals surface area contributed by atoms with Crippen LogP contribution in [0.4, 0.5) is 0 Å². The van der Waals surface area contributed by atoms with Gasteiger partial charge in [-0.15, -0.1) is 0 Å². The van der Waals surface area contributed by atoms with Crippen LogP contribution in [-0.2, 0) is 9.53 Å². The van der Waals surface area contributed by atoms with E-state index in [4.69, 9.17) is 4.74 Å². The van der Waals surface area contributed by atoms with Crippen molar-refractivity contribution < 1.29 is 9.53 Å². The van der Waals surface area contributed by atoms with Gasteiger partial charge in [0.05, 0.1) is 19.4 Å². The predicted molar refractivity (Wildman–Crippen MR) is 56.9 cm³/mol. The van der Waals surface area contributed by atoms with Crippen LogP contribution >= 0.6 is 0 Å². The van der Waals surface area contributed by atoms with Crippen LogP contribution in [0.3, 0.4) is 0 Å². The van der Waals surface area contributed by atoms with Gasteiger partial charge in [-0.05, 0) is 6.42 Å². The second-order valence-corrected chi connectivity index (χ2v) is 3.28. The van der Waals surface area contributed by atoms with E-state index in [1.54, 1.807) is 0 Å². The molecule has 82 valence electrons. The Morgan fingerprint density at radius 3 is 2.86 bits per heavy atom. The highest BCUT2D eigenvalue weighted by atomic mass is 16.5. The fourth-order valence-corrected chi connectivity index (χ4v) is 0.826. The van der Waals surface area contributed by atoms with E-state index in [9.17, 15) is 4.79 Å². The molecule has 0 rings (SSSR count). The molecule has 4 nitrogen and oxygen atoms in total. The summed E-state index contributed by atoms with van der Waals surface area (Å²) in [5, 5.41) is 5.82. The molecule has 0 saturated heterocycles. The Hall–Kier alpha value is -1.03. The first-order valence-corrected chi connectivity index (χ1v) is 4.89. The highest BCUT2D eigenvalue weighted by Gasteiger charge is 2.00. The van der Waals surface area contributed by atoms with Gasteiger partial charge < -0.3 is 15.4 Å². The lowest BCUT2D eigenvalue weighted by molar-refractivity contribution is -0.120. The minimum Gasteiger partial charge on any atom is -0.502 e. The Kier molecular flexibility index (Phi) is 7.93. The van der Waals surface area contributed by atoms with E-state index in [1.807, 2.05) is 13.8 Å². The summed E-state index contributed by atoms with van der Waals surface area (Å²) in [7, 11) is 0. The van der Waals surface area contributed by atoms with Crippen LogP contribution in [0.25, 0.3) is 0 Å². The van der Waals surface area contributed by atoms with Crippen molar-refractivity contribution in [2.45, 2.75) is 26.3 Å². The van der Waals surface area contributed by atoms with E-state index in [0.717, 1.165) is 6.42 Å². The largest absolute Gasteiger partial charge is 0.502 e. The van der Waals surface area contributed by atoms with Crippen molar-refractivity contribution in [1.82, 2.24) is 10.6 Å². The average Bonchev–Trinajstić information content (AvgIpc) is 2.14. The number of amides is 1. The lowest BCUT2D eigenvalue weighted by Gasteiger charge is -2.08. The number of carbonyl (C=O) groups excluding carboxylic acids is 1. The predicted octanol–water partition coefficient (Wildman–Crippen LogP) is 0.651. The molecule has 0 saturated carbocycles. The number of hydrogen-bond donors (Lipinski definition) is 2. The van der Waals surface area contributed by atoms with Gasteiger partial charge in [0.25, 0.3) is 0 Å². The van der Waals surface area contributed by atoms with E-state index < -0.39 is 0 Å². The summed E-state index contributed by atoms with van der Waals surface area (Å²) in [6, 6.07) is 0.338. The second-order valence-electron chi connectivity index (χ2n) is 3.28. The molecule has 2 N–H and O–H groups in total. The number of rotatable bonds is 8. The topological polar surface area (TPSA) is 50.4 Å². The summed E-state index contributed by atoms with van der Waals surface area (Å²) in [5.74, 6) is 0.0253. The molecule has 0 unspecified atom stereocenters. The summed E-state index contributed by atoms with van der Waals surface area (Å²) in [6.07, 6.45) is 2.21. The molecule has 1 amide bonds. The standard InChI is InChI=1S/C10H20N2O2/c1-4-14-7-5-6-11-10(13)8-12-9(2)3/h4,9,12H,1,5-8H2,2-3H3,(H,11,13). The molecular weight excluding hydrogens is 180 g/mol. The van der Waals surface area contributed by atoms with E-state index in [1.165, 1.54) is 6.26 Å². The van der Waals surface area contributed by atoms with Crippen LogP contribution in [0.15, 0.2) is 12.8 Å². The first kappa shape index (κ1) is 13.0. The van der Waals surface area contributed by atoms with Gasteiger partial charge in [0.15, 0.2) is 0 Å². The normalized spacial score (nSPS) is 9.93. The third-order valence-corrected chi connectivity index (χ3v) is 1.55. The maximum Gasteiger partial charge on any atom is 0.233 e. The monoisotopic (exact) mass is 200 g/mol. The van der Waals surface area contributed by atoms with E-state index in [0.29, 0.717) is 25.7 Å². The van der Waals surface area contributed by atoms with Gasteiger partial charge in [-0.2, -0.15) is 0 Å². The number of ether oxygens (including phenoxy) is 1. The van der Waals surface area contributed by atoms with Gasteiger partial charge in [-0.1, -0.05) is 20.4 Å². The second kappa shape index (κ2) is 8.56. The van der Waals surface area contributed by atoms with Crippen LogP contribution in [0, 0.1) is 0 Å². The summed E-state index contributed by atoms with van der Waals surface area (Å²) in [5.41, 5.74) is 0. The van der Waals surface area contributed by atoms with Crippen LogP contribution < -0.4 is 10.6 Å². The molecule has 0 heterocycles. The third-order valence-electron chi connectivity index (χ3n) is 1.55. The smallest absolute Gasteiger partial charge is 0.233 e. The van der Waals surface area contributed by atoms with E-state index in [2.05, 4.69) is 17.2 Å². The first-order chi connectivity index (χ1) is 6.66. The zero-order chi connectivity index (χ0) is 10.8. The van der Waals surface area contributed by atoms with E-state index >= 15 is 0 Å². The van der Waals surface area contributed by atoms with Crippen molar-refractivity contribution in [2.24, 2.45) is 0 Å². The van der Waals surface area contributed by atoms with Gasteiger partial charge in [0.2, 0.25) is 5.91 Å². The molecule has 0 aliphatic carbocycles. The summed E-state index contributed by atoms with van der Waals surface area (Å²) in [6.45, 7) is 9.05. The van der Waals surface area contributed by atoms with Crippen molar-refractivity contribution in [2.75, 3.05) is 19.7 Å². The Labute approximate surface area is 85.7 Å². The van der Waals surface area contributed by atoms with Gasteiger partial charge in [-0.3, -0.25) is 4.79 Å². The molecule has 0 aliphatic heterocycles. The number of hydrogen-bond acceptors (Lipinski definition) is 3. The Balaban J connectivity index is 3.22. The highest BCUT2D eigenvalue weighted by molar-refractivity contribution is 5.77. The lowest BCUT2D eigenvalue weighted by Crippen LogP contribution is -2.37. The van der Waals surface area contributed by atoms with Gasteiger partial charge >= 0.3 is 0 Å². The number of carbonyl (C=O) groups is 1. The molecule has 4 heteroatoms. The zero-order valence-electron chi connectivity index (χ0n) is 9.01. The van der Waals surface area contributed by atoms with Gasteiger partial charge in [-0.25, -0.2) is 0 Å². The van der Waals surface area contributed by atoms with Crippen LogP contribution in [-0.4, -0.2) is 31.6 Å². The van der Waals surface area contributed by atoms with Crippen molar-refractivity contribution in [3.05, 3.63) is 12.8 Å². The van der Waals surface area contributed by atoms with Crippen molar-refractivity contribution in [1.29, 1.82) is 0 Å². The first-order valence-electron chi connectivity index (χ1n) is 4.89.